The first-order valence-electron chi connectivity index (χ1n) is 7.64. The van der Waals surface area contributed by atoms with Crippen LogP contribution in [0.2, 0.25) is 0 Å². The Hall–Kier alpha value is -1.07. The third-order valence-corrected chi connectivity index (χ3v) is 4.41. The van der Waals surface area contributed by atoms with Crippen molar-refractivity contribution in [3.8, 4) is 0 Å². The summed E-state index contributed by atoms with van der Waals surface area (Å²) in [6.45, 7) is 8.95. The van der Waals surface area contributed by atoms with E-state index in [1.165, 1.54) is 12.8 Å². The van der Waals surface area contributed by atoms with Crippen LogP contribution in [-0.4, -0.2) is 48.6 Å². The number of urea groups is 1. The Bertz CT molecular complexity index is 484. The minimum absolute atomic E-state index is 0.00978. The number of anilines is 1. The molecule has 1 fully saturated rings. The summed E-state index contributed by atoms with van der Waals surface area (Å²) in [4.78, 5) is 16.7. The number of halogens is 1. The van der Waals surface area contributed by atoms with Gasteiger partial charge in [-0.3, -0.25) is 4.90 Å². The van der Waals surface area contributed by atoms with E-state index in [1.54, 1.807) is 0 Å². The van der Waals surface area contributed by atoms with Crippen molar-refractivity contribution in [2.75, 3.05) is 38.0 Å². The third-order valence-electron chi connectivity index (χ3n) is 3.92. The lowest BCUT2D eigenvalue weighted by molar-refractivity contribution is 0.146. The lowest BCUT2D eigenvalue weighted by Gasteiger charge is -2.34. The molecular formula is C16H24BrN3O. The van der Waals surface area contributed by atoms with Crippen LogP contribution in [0.15, 0.2) is 22.7 Å². The summed E-state index contributed by atoms with van der Waals surface area (Å²) < 4.78 is 1.03. The van der Waals surface area contributed by atoms with Crippen LogP contribution in [0.5, 0.6) is 0 Å². The summed E-state index contributed by atoms with van der Waals surface area (Å²) in [7, 11) is 0. The minimum atomic E-state index is 0.00978. The second-order valence-corrected chi connectivity index (χ2v) is 6.49. The largest absolute Gasteiger partial charge is 0.322 e. The predicted molar refractivity (Wildman–Crippen MR) is 90.8 cm³/mol. The van der Waals surface area contributed by atoms with E-state index in [0.717, 1.165) is 48.4 Å². The number of unbranched alkanes of at least 4 members (excludes halogenated alkanes) is 1. The van der Waals surface area contributed by atoms with Gasteiger partial charge in [-0.15, -0.1) is 0 Å². The molecule has 0 atom stereocenters. The van der Waals surface area contributed by atoms with Crippen molar-refractivity contribution in [1.29, 1.82) is 0 Å². The molecule has 5 heteroatoms. The molecule has 1 heterocycles. The summed E-state index contributed by atoms with van der Waals surface area (Å²) in [5.41, 5.74) is 1.95. The van der Waals surface area contributed by atoms with Gasteiger partial charge in [0, 0.05) is 36.3 Å². The second-order valence-electron chi connectivity index (χ2n) is 5.57. The number of nitrogens with zero attached hydrogens (tertiary/aromatic N) is 2. The maximum atomic E-state index is 12.3. The summed E-state index contributed by atoms with van der Waals surface area (Å²) in [5, 5.41) is 3.01. The molecule has 0 saturated carbocycles. The lowest BCUT2D eigenvalue weighted by atomic mass is 10.2. The molecule has 21 heavy (non-hydrogen) atoms. The van der Waals surface area contributed by atoms with E-state index in [2.05, 4.69) is 33.1 Å². The number of aryl methyl sites for hydroxylation is 1. The van der Waals surface area contributed by atoms with Crippen molar-refractivity contribution in [2.24, 2.45) is 0 Å². The molecule has 1 aromatic carbocycles. The molecule has 0 aromatic heterocycles. The Morgan fingerprint density at radius 2 is 2.00 bits per heavy atom. The molecular weight excluding hydrogens is 330 g/mol. The maximum Gasteiger partial charge on any atom is 0.321 e. The van der Waals surface area contributed by atoms with Gasteiger partial charge in [0.05, 0.1) is 0 Å². The SMILES string of the molecule is CCCCN1CCN(C(=O)Nc2ccc(Br)cc2C)CC1. The molecule has 0 bridgehead atoms. The zero-order valence-electron chi connectivity index (χ0n) is 12.9. The minimum Gasteiger partial charge on any atom is -0.322 e. The lowest BCUT2D eigenvalue weighted by Crippen LogP contribution is -2.50. The van der Waals surface area contributed by atoms with Crippen LogP contribution in [0.3, 0.4) is 0 Å². The highest BCUT2D eigenvalue weighted by Gasteiger charge is 2.20. The fourth-order valence-corrected chi connectivity index (χ4v) is 2.99. The van der Waals surface area contributed by atoms with E-state index in [1.807, 2.05) is 30.0 Å². The molecule has 1 saturated heterocycles. The average molecular weight is 354 g/mol. The molecule has 2 amide bonds. The van der Waals surface area contributed by atoms with E-state index in [4.69, 9.17) is 0 Å². The number of carbonyl (C=O) groups excluding carboxylic acids is 1. The Morgan fingerprint density at radius 3 is 2.62 bits per heavy atom. The molecule has 0 radical (unpaired) electrons. The first-order valence-corrected chi connectivity index (χ1v) is 8.44. The van der Waals surface area contributed by atoms with E-state index >= 15 is 0 Å². The molecule has 0 aliphatic carbocycles. The maximum absolute atomic E-state index is 12.3. The Balaban J connectivity index is 1.84. The summed E-state index contributed by atoms with van der Waals surface area (Å²) in [6.07, 6.45) is 2.47. The number of nitrogens with one attached hydrogen (secondary N) is 1. The number of carbonyl (C=O) groups is 1. The number of hydrogen-bond acceptors (Lipinski definition) is 2. The molecule has 0 spiro atoms. The summed E-state index contributed by atoms with van der Waals surface area (Å²) in [6, 6.07) is 5.91. The van der Waals surface area contributed by atoms with E-state index in [-0.39, 0.29) is 6.03 Å². The van der Waals surface area contributed by atoms with E-state index in [9.17, 15) is 4.79 Å². The van der Waals surface area contributed by atoms with Gasteiger partial charge >= 0.3 is 6.03 Å². The highest BCUT2D eigenvalue weighted by Crippen LogP contribution is 2.20. The number of piperazine rings is 1. The first kappa shape index (κ1) is 16.3. The summed E-state index contributed by atoms with van der Waals surface area (Å²) in [5.74, 6) is 0. The number of rotatable bonds is 4. The normalized spacial score (nSPS) is 16.0. The first-order chi connectivity index (χ1) is 10.1. The van der Waals surface area contributed by atoms with Crippen molar-refractivity contribution >= 4 is 27.6 Å². The van der Waals surface area contributed by atoms with Crippen molar-refractivity contribution in [1.82, 2.24) is 9.80 Å². The molecule has 1 aromatic rings. The van der Waals surface area contributed by atoms with Crippen LogP contribution in [0.1, 0.15) is 25.3 Å². The number of hydrogen-bond donors (Lipinski definition) is 1. The van der Waals surface area contributed by atoms with Crippen LogP contribution in [0.4, 0.5) is 10.5 Å². The molecule has 1 N–H and O–H groups in total. The standard InChI is InChI=1S/C16H24BrN3O/c1-3-4-7-19-8-10-20(11-9-19)16(21)18-15-6-5-14(17)12-13(15)2/h5-6,12H,3-4,7-11H2,1-2H3,(H,18,21). The van der Waals surface area contributed by atoms with Crippen LogP contribution in [0.25, 0.3) is 0 Å². The molecule has 116 valence electrons. The van der Waals surface area contributed by atoms with Gasteiger partial charge in [-0.05, 0) is 43.7 Å². The highest BCUT2D eigenvalue weighted by molar-refractivity contribution is 9.10. The Kier molecular flexibility index (Phi) is 6.06. The van der Waals surface area contributed by atoms with Crippen molar-refractivity contribution in [3.05, 3.63) is 28.2 Å². The van der Waals surface area contributed by atoms with E-state index in [0.29, 0.717) is 0 Å². The zero-order valence-corrected chi connectivity index (χ0v) is 14.4. The van der Waals surface area contributed by atoms with Crippen LogP contribution < -0.4 is 5.32 Å². The van der Waals surface area contributed by atoms with E-state index < -0.39 is 0 Å². The zero-order chi connectivity index (χ0) is 15.2. The van der Waals surface area contributed by atoms with Gasteiger partial charge in [0.25, 0.3) is 0 Å². The van der Waals surface area contributed by atoms with Gasteiger partial charge < -0.3 is 10.2 Å². The highest BCUT2D eigenvalue weighted by atomic mass is 79.9. The quantitative estimate of drug-likeness (QED) is 0.895. The Morgan fingerprint density at radius 1 is 1.29 bits per heavy atom. The van der Waals surface area contributed by atoms with Crippen LogP contribution >= 0.6 is 15.9 Å². The van der Waals surface area contributed by atoms with Gasteiger partial charge in [0.1, 0.15) is 0 Å². The molecule has 4 nitrogen and oxygen atoms in total. The van der Waals surface area contributed by atoms with Crippen LogP contribution in [-0.2, 0) is 0 Å². The average Bonchev–Trinajstić information content (AvgIpc) is 2.48. The van der Waals surface area contributed by atoms with Crippen molar-refractivity contribution < 1.29 is 4.79 Å². The fourth-order valence-electron chi connectivity index (χ4n) is 2.52. The number of amides is 2. The Labute approximate surface area is 135 Å². The molecule has 1 aliphatic heterocycles. The van der Waals surface area contributed by atoms with Crippen molar-refractivity contribution in [2.45, 2.75) is 26.7 Å². The fraction of sp³-hybridized carbons (Fsp3) is 0.562. The monoisotopic (exact) mass is 353 g/mol. The third kappa shape index (κ3) is 4.71. The van der Waals surface area contributed by atoms with Crippen LogP contribution in [0, 0.1) is 6.92 Å². The van der Waals surface area contributed by atoms with Gasteiger partial charge in [-0.2, -0.15) is 0 Å². The molecule has 1 aliphatic rings. The summed E-state index contributed by atoms with van der Waals surface area (Å²) >= 11 is 3.44. The smallest absolute Gasteiger partial charge is 0.321 e. The molecule has 2 rings (SSSR count). The van der Waals surface area contributed by atoms with Crippen molar-refractivity contribution in [3.63, 3.8) is 0 Å². The second kappa shape index (κ2) is 7.80. The van der Waals surface area contributed by atoms with Gasteiger partial charge in [0.15, 0.2) is 0 Å². The topological polar surface area (TPSA) is 35.6 Å². The number of benzene rings is 1. The predicted octanol–water partition coefficient (Wildman–Crippen LogP) is 3.71. The van der Waals surface area contributed by atoms with Gasteiger partial charge in [-0.1, -0.05) is 29.3 Å². The van der Waals surface area contributed by atoms with Gasteiger partial charge in [-0.25, -0.2) is 4.79 Å². The molecule has 0 unspecified atom stereocenters. The van der Waals surface area contributed by atoms with Gasteiger partial charge in [0.2, 0.25) is 0 Å².